The molecule has 1 amide bonds. The molecular weight excluding hydrogens is 378 g/mol. The van der Waals surface area contributed by atoms with Gasteiger partial charge in [0.1, 0.15) is 0 Å². The Morgan fingerprint density at radius 2 is 1.89 bits per heavy atom. The number of ketones is 1. The number of nitrogens with zero attached hydrogens (tertiary/aromatic N) is 3. The minimum absolute atomic E-state index is 0.0589. The second kappa shape index (κ2) is 7.87. The van der Waals surface area contributed by atoms with Gasteiger partial charge in [0.2, 0.25) is 0 Å². The SMILES string of the molecule is CCCN(C(=O)C(=O)c1c(C)nn(-c2ccccc2)c1C)C1CCS(=O)(=O)C1. The number of aryl methyl sites for hydroxylation is 1. The van der Waals surface area contributed by atoms with Crippen LogP contribution in [0.3, 0.4) is 0 Å². The number of carbonyl (C=O) groups excluding carboxylic acids is 2. The largest absolute Gasteiger partial charge is 0.332 e. The zero-order chi connectivity index (χ0) is 20.5. The van der Waals surface area contributed by atoms with E-state index < -0.39 is 27.6 Å². The standard InChI is InChI=1S/C20H25N3O4S/c1-4-11-22(17-10-12-28(26,27)13-17)20(25)19(24)18-14(2)21-23(15(18)3)16-8-6-5-7-9-16/h5-9,17H,4,10-13H2,1-3H3. The van der Waals surface area contributed by atoms with Crippen molar-refractivity contribution in [3.63, 3.8) is 0 Å². The molecule has 1 unspecified atom stereocenters. The fraction of sp³-hybridized carbons (Fsp3) is 0.450. The van der Waals surface area contributed by atoms with Crippen LogP contribution in [0.2, 0.25) is 0 Å². The number of para-hydroxylation sites is 1. The molecule has 1 atom stereocenters. The molecule has 2 heterocycles. The molecule has 3 rings (SSSR count). The number of benzene rings is 1. The summed E-state index contributed by atoms with van der Waals surface area (Å²) >= 11 is 0. The Kier molecular flexibility index (Phi) is 5.69. The summed E-state index contributed by atoms with van der Waals surface area (Å²) in [5.74, 6) is -1.30. The first kappa shape index (κ1) is 20.3. The summed E-state index contributed by atoms with van der Waals surface area (Å²) in [7, 11) is -3.15. The fourth-order valence-corrected chi connectivity index (χ4v) is 5.47. The van der Waals surface area contributed by atoms with Crippen LogP contribution in [-0.2, 0) is 14.6 Å². The summed E-state index contributed by atoms with van der Waals surface area (Å²) in [4.78, 5) is 27.5. The van der Waals surface area contributed by atoms with Crippen molar-refractivity contribution >= 4 is 21.5 Å². The zero-order valence-electron chi connectivity index (χ0n) is 16.4. The van der Waals surface area contributed by atoms with E-state index in [1.54, 1.807) is 18.5 Å². The highest BCUT2D eigenvalue weighted by molar-refractivity contribution is 7.91. The molecule has 1 fully saturated rings. The highest BCUT2D eigenvalue weighted by atomic mass is 32.2. The maximum atomic E-state index is 13.1. The molecule has 1 aromatic heterocycles. The van der Waals surface area contributed by atoms with Gasteiger partial charge < -0.3 is 4.90 Å². The Morgan fingerprint density at radius 3 is 2.46 bits per heavy atom. The lowest BCUT2D eigenvalue weighted by Gasteiger charge is -2.27. The van der Waals surface area contributed by atoms with E-state index in [2.05, 4.69) is 5.10 Å². The maximum Gasteiger partial charge on any atom is 0.295 e. The van der Waals surface area contributed by atoms with Crippen LogP contribution in [0.25, 0.3) is 5.69 Å². The molecule has 0 bridgehead atoms. The highest BCUT2D eigenvalue weighted by Gasteiger charge is 2.37. The molecule has 2 aromatic rings. The van der Waals surface area contributed by atoms with E-state index in [4.69, 9.17) is 0 Å². The zero-order valence-corrected chi connectivity index (χ0v) is 17.2. The first-order valence-corrected chi connectivity index (χ1v) is 11.2. The third-order valence-electron chi connectivity index (χ3n) is 5.09. The number of rotatable bonds is 6. The van der Waals surface area contributed by atoms with Gasteiger partial charge in [0.25, 0.3) is 11.7 Å². The van der Waals surface area contributed by atoms with Crippen molar-refractivity contribution < 1.29 is 18.0 Å². The van der Waals surface area contributed by atoms with Gasteiger partial charge in [-0.25, -0.2) is 13.1 Å². The summed E-state index contributed by atoms with van der Waals surface area (Å²) < 4.78 is 25.3. The van der Waals surface area contributed by atoms with Gasteiger partial charge in [-0.2, -0.15) is 5.10 Å². The van der Waals surface area contributed by atoms with Crippen LogP contribution in [0.15, 0.2) is 30.3 Å². The monoisotopic (exact) mass is 403 g/mol. The van der Waals surface area contributed by atoms with E-state index in [0.717, 1.165) is 5.69 Å². The highest BCUT2D eigenvalue weighted by Crippen LogP contribution is 2.22. The fourth-order valence-electron chi connectivity index (χ4n) is 3.74. The van der Waals surface area contributed by atoms with Crippen molar-refractivity contribution in [1.29, 1.82) is 0 Å². The predicted molar refractivity (Wildman–Crippen MR) is 106 cm³/mol. The average Bonchev–Trinajstić information content (AvgIpc) is 3.17. The van der Waals surface area contributed by atoms with Crippen LogP contribution in [0.5, 0.6) is 0 Å². The molecule has 1 aliphatic heterocycles. The lowest BCUT2D eigenvalue weighted by molar-refractivity contribution is -0.128. The van der Waals surface area contributed by atoms with Crippen LogP contribution in [-0.4, -0.2) is 58.9 Å². The predicted octanol–water partition coefficient (Wildman–Crippen LogP) is 2.10. The quantitative estimate of drug-likeness (QED) is 0.544. The molecule has 150 valence electrons. The molecule has 1 saturated heterocycles. The van der Waals surface area contributed by atoms with Crippen LogP contribution in [0.4, 0.5) is 0 Å². The molecular formula is C20H25N3O4S. The minimum Gasteiger partial charge on any atom is -0.332 e. The van der Waals surface area contributed by atoms with E-state index in [-0.39, 0.29) is 17.1 Å². The van der Waals surface area contributed by atoms with Crippen molar-refractivity contribution in [2.75, 3.05) is 18.1 Å². The average molecular weight is 404 g/mol. The Labute approximate surface area is 165 Å². The first-order chi connectivity index (χ1) is 13.2. The van der Waals surface area contributed by atoms with E-state index in [1.165, 1.54) is 4.90 Å². The van der Waals surface area contributed by atoms with E-state index >= 15 is 0 Å². The van der Waals surface area contributed by atoms with Gasteiger partial charge in [-0.3, -0.25) is 9.59 Å². The summed E-state index contributed by atoms with van der Waals surface area (Å²) in [5.41, 5.74) is 2.17. The summed E-state index contributed by atoms with van der Waals surface area (Å²) in [6, 6.07) is 8.96. The van der Waals surface area contributed by atoms with Crippen molar-refractivity contribution in [1.82, 2.24) is 14.7 Å². The molecule has 0 saturated carbocycles. The molecule has 0 N–H and O–H groups in total. The van der Waals surface area contributed by atoms with Gasteiger partial charge in [0.15, 0.2) is 9.84 Å². The summed E-state index contributed by atoms with van der Waals surface area (Å²) in [5, 5.41) is 4.44. The molecule has 0 spiro atoms. The van der Waals surface area contributed by atoms with Crippen molar-refractivity contribution in [3.8, 4) is 5.69 Å². The summed E-state index contributed by atoms with van der Waals surface area (Å²) in [6.07, 6.45) is 1.03. The van der Waals surface area contributed by atoms with Gasteiger partial charge in [0, 0.05) is 12.6 Å². The van der Waals surface area contributed by atoms with Gasteiger partial charge in [-0.15, -0.1) is 0 Å². The molecule has 1 aromatic carbocycles. The van der Waals surface area contributed by atoms with Crippen molar-refractivity contribution in [2.45, 2.75) is 39.7 Å². The van der Waals surface area contributed by atoms with E-state index in [0.29, 0.717) is 30.8 Å². The normalized spacial score (nSPS) is 18.2. The van der Waals surface area contributed by atoms with Gasteiger partial charge >= 0.3 is 0 Å². The first-order valence-electron chi connectivity index (χ1n) is 9.42. The molecule has 1 aliphatic rings. The molecule has 7 nitrogen and oxygen atoms in total. The Balaban J connectivity index is 1.92. The Bertz CT molecular complexity index is 996. The second-order valence-electron chi connectivity index (χ2n) is 7.18. The van der Waals surface area contributed by atoms with Crippen molar-refractivity contribution in [3.05, 3.63) is 47.3 Å². The van der Waals surface area contributed by atoms with Crippen LogP contribution >= 0.6 is 0 Å². The minimum atomic E-state index is -3.15. The number of carbonyl (C=O) groups is 2. The maximum absolute atomic E-state index is 13.1. The molecule has 28 heavy (non-hydrogen) atoms. The van der Waals surface area contributed by atoms with E-state index in [1.807, 2.05) is 37.3 Å². The molecule has 0 aliphatic carbocycles. The summed E-state index contributed by atoms with van der Waals surface area (Å²) in [6.45, 7) is 5.72. The Hall–Kier alpha value is -2.48. The van der Waals surface area contributed by atoms with Crippen LogP contribution in [0, 0.1) is 13.8 Å². The molecule has 8 heteroatoms. The molecule has 0 radical (unpaired) electrons. The number of aromatic nitrogens is 2. The number of sulfone groups is 1. The van der Waals surface area contributed by atoms with Gasteiger partial charge in [0.05, 0.1) is 34.1 Å². The van der Waals surface area contributed by atoms with Gasteiger partial charge in [-0.1, -0.05) is 25.1 Å². The lowest BCUT2D eigenvalue weighted by atomic mass is 10.1. The van der Waals surface area contributed by atoms with Gasteiger partial charge in [-0.05, 0) is 38.8 Å². The lowest BCUT2D eigenvalue weighted by Crippen LogP contribution is -2.45. The number of amides is 1. The van der Waals surface area contributed by atoms with Crippen molar-refractivity contribution in [2.24, 2.45) is 0 Å². The van der Waals surface area contributed by atoms with E-state index in [9.17, 15) is 18.0 Å². The Morgan fingerprint density at radius 1 is 1.21 bits per heavy atom. The third-order valence-corrected chi connectivity index (χ3v) is 6.84. The third kappa shape index (κ3) is 3.87. The van der Waals surface area contributed by atoms with Crippen LogP contribution in [0.1, 0.15) is 41.5 Å². The second-order valence-corrected chi connectivity index (χ2v) is 9.41. The number of Topliss-reactive ketones (excluding diaryl/α,β-unsaturated/α-hetero) is 1. The number of hydrogen-bond acceptors (Lipinski definition) is 5. The van der Waals surface area contributed by atoms with Crippen LogP contribution < -0.4 is 0 Å². The smallest absolute Gasteiger partial charge is 0.295 e. The topological polar surface area (TPSA) is 89.3 Å². The number of hydrogen-bond donors (Lipinski definition) is 0.